The number of hydrogen-bond donors (Lipinski definition) is 1. The SMILES string of the molecule is CC(C)(C)Oc1cc2ccccc2cc1C(N1CCC(=O)N1)C(F)(F)F. The van der Waals surface area contributed by atoms with Gasteiger partial charge in [-0.3, -0.25) is 10.2 Å². The molecule has 0 aliphatic carbocycles. The summed E-state index contributed by atoms with van der Waals surface area (Å²) in [6.07, 6.45) is -4.54. The van der Waals surface area contributed by atoms with Gasteiger partial charge in [-0.1, -0.05) is 24.3 Å². The van der Waals surface area contributed by atoms with E-state index in [1.54, 1.807) is 39.0 Å². The number of carbonyl (C=O) groups is 1. The zero-order valence-electron chi connectivity index (χ0n) is 14.9. The summed E-state index contributed by atoms with van der Waals surface area (Å²) >= 11 is 0. The van der Waals surface area contributed by atoms with Crippen molar-refractivity contribution >= 4 is 16.7 Å². The molecule has 0 saturated carbocycles. The lowest BCUT2D eigenvalue weighted by Crippen LogP contribution is -2.44. The number of benzene rings is 2. The molecule has 1 aliphatic heterocycles. The van der Waals surface area contributed by atoms with Crippen LogP contribution >= 0.6 is 0 Å². The average Bonchev–Trinajstić information content (AvgIpc) is 2.91. The number of nitrogens with zero attached hydrogens (tertiary/aromatic N) is 1. The van der Waals surface area contributed by atoms with Gasteiger partial charge in [0, 0.05) is 18.5 Å². The van der Waals surface area contributed by atoms with Crippen LogP contribution in [0.25, 0.3) is 10.8 Å². The molecule has 4 nitrogen and oxygen atoms in total. The minimum atomic E-state index is -4.57. The molecule has 1 fully saturated rings. The van der Waals surface area contributed by atoms with Crippen LogP contribution in [0.1, 0.15) is 38.8 Å². The monoisotopic (exact) mass is 366 g/mol. The number of ether oxygens (including phenoxy) is 1. The fourth-order valence-electron chi connectivity index (χ4n) is 3.08. The number of hydrazine groups is 1. The summed E-state index contributed by atoms with van der Waals surface area (Å²) in [5, 5.41) is 2.42. The lowest BCUT2D eigenvalue weighted by molar-refractivity contribution is -0.191. The van der Waals surface area contributed by atoms with Gasteiger partial charge in [-0.25, -0.2) is 5.01 Å². The van der Waals surface area contributed by atoms with Crippen LogP contribution in [0.2, 0.25) is 0 Å². The Labute approximate surface area is 149 Å². The number of rotatable bonds is 3. The van der Waals surface area contributed by atoms with E-state index >= 15 is 0 Å². The number of hydrogen-bond acceptors (Lipinski definition) is 3. The van der Waals surface area contributed by atoms with Crippen LogP contribution in [0.4, 0.5) is 13.2 Å². The molecule has 1 aliphatic rings. The first-order valence-corrected chi connectivity index (χ1v) is 8.39. The van der Waals surface area contributed by atoms with Crippen LogP contribution in [0.15, 0.2) is 36.4 Å². The predicted molar refractivity (Wildman–Crippen MR) is 92.6 cm³/mol. The first kappa shape index (κ1) is 18.5. The summed E-state index contributed by atoms with van der Waals surface area (Å²) in [5.41, 5.74) is 1.64. The standard InChI is InChI=1S/C19H21F3N2O2/c1-18(2,3)26-15-11-13-7-5-4-6-12(13)10-14(15)17(19(20,21)22)24-9-8-16(25)23-24/h4-7,10-11,17H,8-9H2,1-3H3,(H,23,25). The van der Waals surface area contributed by atoms with Crippen LogP contribution in [0.3, 0.4) is 0 Å². The maximum atomic E-state index is 13.9. The van der Waals surface area contributed by atoms with Gasteiger partial charge in [-0.05, 0) is 43.7 Å². The molecule has 140 valence electrons. The number of alkyl halides is 3. The van der Waals surface area contributed by atoms with Gasteiger partial charge < -0.3 is 4.74 Å². The second-order valence-electron chi connectivity index (χ2n) is 7.37. The van der Waals surface area contributed by atoms with Gasteiger partial charge in [0.2, 0.25) is 5.91 Å². The molecule has 1 saturated heterocycles. The second kappa shape index (κ2) is 6.46. The fourth-order valence-corrected chi connectivity index (χ4v) is 3.08. The Morgan fingerprint density at radius 2 is 1.73 bits per heavy atom. The number of carbonyl (C=O) groups excluding carboxylic acids is 1. The molecule has 2 aromatic rings. The van der Waals surface area contributed by atoms with E-state index in [2.05, 4.69) is 5.43 Å². The normalized spacial score (nSPS) is 17.4. The molecule has 0 spiro atoms. The van der Waals surface area contributed by atoms with Crippen molar-refractivity contribution in [3.05, 3.63) is 42.0 Å². The molecular formula is C19H21F3N2O2. The molecule has 7 heteroatoms. The molecule has 1 N–H and O–H groups in total. The van der Waals surface area contributed by atoms with E-state index in [0.717, 1.165) is 10.4 Å². The smallest absolute Gasteiger partial charge is 0.410 e. The largest absolute Gasteiger partial charge is 0.488 e. The van der Waals surface area contributed by atoms with Gasteiger partial charge in [0.1, 0.15) is 11.4 Å². The number of nitrogens with one attached hydrogen (secondary N) is 1. The Morgan fingerprint density at radius 3 is 2.23 bits per heavy atom. The number of fused-ring (bicyclic) bond motifs is 1. The van der Waals surface area contributed by atoms with Crippen LogP contribution in [-0.2, 0) is 4.79 Å². The summed E-state index contributed by atoms with van der Waals surface area (Å²) in [6, 6.07) is 8.34. The van der Waals surface area contributed by atoms with Crippen LogP contribution in [-0.4, -0.2) is 29.2 Å². The summed E-state index contributed by atoms with van der Waals surface area (Å²) < 4.78 is 47.7. The van der Waals surface area contributed by atoms with Crippen LogP contribution in [0, 0.1) is 0 Å². The minimum absolute atomic E-state index is 0.00618. The Bertz CT molecular complexity index is 828. The summed E-state index contributed by atoms with van der Waals surface area (Å²) in [4.78, 5) is 11.5. The van der Waals surface area contributed by atoms with E-state index in [9.17, 15) is 18.0 Å². The maximum Gasteiger partial charge on any atom is 0.410 e. The zero-order chi connectivity index (χ0) is 19.1. The van der Waals surface area contributed by atoms with Gasteiger partial charge >= 0.3 is 6.18 Å². The third-order valence-electron chi connectivity index (χ3n) is 4.06. The van der Waals surface area contributed by atoms with E-state index < -0.39 is 23.7 Å². The molecule has 0 aromatic heterocycles. The minimum Gasteiger partial charge on any atom is -0.488 e. The molecule has 0 radical (unpaired) electrons. The van der Waals surface area contributed by atoms with Gasteiger partial charge in [-0.2, -0.15) is 13.2 Å². The van der Waals surface area contributed by atoms with Crippen molar-refractivity contribution in [2.75, 3.05) is 6.54 Å². The molecule has 1 atom stereocenters. The highest BCUT2D eigenvalue weighted by molar-refractivity contribution is 5.85. The van der Waals surface area contributed by atoms with Crippen molar-refractivity contribution in [1.29, 1.82) is 0 Å². The Hall–Kier alpha value is -2.28. The molecule has 1 heterocycles. The number of amides is 1. The third kappa shape index (κ3) is 3.93. The summed E-state index contributed by atoms with van der Waals surface area (Å²) in [5.74, 6) is -0.252. The highest BCUT2D eigenvalue weighted by Gasteiger charge is 2.48. The molecule has 1 amide bonds. The molecule has 2 aromatic carbocycles. The molecule has 1 unspecified atom stereocenters. The van der Waals surface area contributed by atoms with Crippen molar-refractivity contribution in [3.63, 3.8) is 0 Å². The molecule has 26 heavy (non-hydrogen) atoms. The fraction of sp³-hybridized carbons (Fsp3) is 0.421. The Balaban J connectivity index is 2.17. The van der Waals surface area contributed by atoms with Gasteiger partial charge in [0.05, 0.1) is 0 Å². The third-order valence-corrected chi connectivity index (χ3v) is 4.06. The van der Waals surface area contributed by atoms with Crippen molar-refractivity contribution in [3.8, 4) is 5.75 Å². The van der Waals surface area contributed by atoms with Crippen LogP contribution in [0.5, 0.6) is 5.75 Å². The van der Waals surface area contributed by atoms with Crippen molar-refractivity contribution in [2.24, 2.45) is 0 Å². The summed E-state index contributed by atoms with van der Waals surface area (Å²) in [7, 11) is 0. The summed E-state index contributed by atoms with van der Waals surface area (Å²) in [6.45, 7) is 5.34. The van der Waals surface area contributed by atoms with E-state index in [1.807, 2.05) is 12.1 Å². The Kier molecular flexibility index (Phi) is 4.60. The average molecular weight is 366 g/mol. The molecule has 0 bridgehead atoms. The quantitative estimate of drug-likeness (QED) is 0.878. The van der Waals surface area contributed by atoms with E-state index in [-0.39, 0.29) is 24.3 Å². The maximum absolute atomic E-state index is 13.9. The van der Waals surface area contributed by atoms with Gasteiger partial charge in [0.25, 0.3) is 0 Å². The second-order valence-corrected chi connectivity index (χ2v) is 7.37. The zero-order valence-corrected chi connectivity index (χ0v) is 14.9. The first-order valence-electron chi connectivity index (χ1n) is 8.39. The topological polar surface area (TPSA) is 41.6 Å². The van der Waals surface area contributed by atoms with Crippen molar-refractivity contribution in [2.45, 2.75) is 45.0 Å². The van der Waals surface area contributed by atoms with Crippen molar-refractivity contribution in [1.82, 2.24) is 10.4 Å². The van der Waals surface area contributed by atoms with Gasteiger partial charge in [-0.15, -0.1) is 0 Å². The first-order chi connectivity index (χ1) is 12.0. The lowest BCUT2D eigenvalue weighted by Gasteiger charge is -2.32. The van der Waals surface area contributed by atoms with Gasteiger partial charge in [0.15, 0.2) is 6.04 Å². The highest BCUT2D eigenvalue weighted by atomic mass is 19.4. The predicted octanol–water partition coefficient (Wildman–Crippen LogP) is 4.36. The van der Waals surface area contributed by atoms with Crippen molar-refractivity contribution < 1.29 is 22.7 Å². The lowest BCUT2D eigenvalue weighted by atomic mass is 9.99. The molecule has 3 rings (SSSR count). The molecular weight excluding hydrogens is 345 g/mol. The van der Waals surface area contributed by atoms with E-state index in [4.69, 9.17) is 4.74 Å². The highest BCUT2D eigenvalue weighted by Crippen LogP contribution is 2.43. The number of halogens is 3. The van der Waals surface area contributed by atoms with Crippen LogP contribution < -0.4 is 10.2 Å². The Morgan fingerprint density at radius 1 is 1.12 bits per heavy atom. The van der Waals surface area contributed by atoms with E-state index in [1.165, 1.54) is 6.07 Å². The van der Waals surface area contributed by atoms with E-state index in [0.29, 0.717) is 5.39 Å².